The molecular weight excluding hydrogens is 368 g/mol. The number of halogens is 3. The van der Waals surface area contributed by atoms with Gasteiger partial charge in [0.25, 0.3) is 0 Å². The molecule has 0 fully saturated rings. The Labute approximate surface area is 154 Å². The van der Waals surface area contributed by atoms with E-state index < -0.39 is 5.82 Å². The lowest BCUT2D eigenvalue weighted by atomic mass is 10.3. The van der Waals surface area contributed by atoms with Crippen molar-refractivity contribution in [2.75, 3.05) is 30.8 Å². The third-order valence-corrected chi connectivity index (χ3v) is 3.72. The van der Waals surface area contributed by atoms with Gasteiger partial charge in [0.1, 0.15) is 5.82 Å². The van der Waals surface area contributed by atoms with Crippen LogP contribution in [0.4, 0.5) is 15.8 Å². The summed E-state index contributed by atoms with van der Waals surface area (Å²) in [6.07, 6.45) is 0. The van der Waals surface area contributed by atoms with Crippen LogP contribution in [0.1, 0.15) is 0 Å². The normalized spacial score (nSPS) is 10.6. The Kier molecular flexibility index (Phi) is 6.75. The molecule has 0 saturated carbocycles. The summed E-state index contributed by atoms with van der Waals surface area (Å²) in [6, 6.07) is 10.4. The van der Waals surface area contributed by atoms with Crippen molar-refractivity contribution in [3.8, 4) is 0 Å². The Morgan fingerprint density at radius 1 is 1.00 bits per heavy atom. The van der Waals surface area contributed by atoms with Crippen LogP contribution in [0.25, 0.3) is 0 Å². The first-order valence-electron chi connectivity index (χ1n) is 7.32. The zero-order valence-electron chi connectivity index (χ0n) is 13.4. The number of hydrogen-bond acceptors (Lipinski definition) is 3. The molecule has 25 heavy (non-hydrogen) atoms. The highest BCUT2D eigenvalue weighted by Gasteiger charge is 2.12. The van der Waals surface area contributed by atoms with Crippen LogP contribution < -0.4 is 10.6 Å². The molecule has 2 aromatic carbocycles. The number of nitrogens with zero attached hydrogens (tertiary/aromatic N) is 1. The maximum atomic E-state index is 13.0. The summed E-state index contributed by atoms with van der Waals surface area (Å²) >= 11 is 11.6. The number of likely N-dealkylation sites (N-methyl/N-ethyl adjacent to an activating group) is 1. The molecule has 2 rings (SSSR count). The molecule has 2 N–H and O–H groups in total. The Hall–Kier alpha value is -2.15. The zero-order chi connectivity index (χ0) is 18.4. The summed E-state index contributed by atoms with van der Waals surface area (Å²) in [6.45, 7) is -0.00502. The minimum absolute atomic E-state index is 0.0210. The highest BCUT2D eigenvalue weighted by Crippen LogP contribution is 2.22. The number of hydrogen-bond donors (Lipinski definition) is 2. The zero-order valence-corrected chi connectivity index (χ0v) is 14.9. The predicted octanol–water partition coefficient (Wildman–Crippen LogP) is 3.64. The van der Waals surface area contributed by atoms with E-state index >= 15 is 0 Å². The summed E-state index contributed by atoms with van der Waals surface area (Å²) in [4.78, 5) is 25.5. The lowest BCUT2D eigenvalue weighted by Crippen LogP contribution is -2.36. The van der Waals surface area contributed by atoms with Crippen LogP contribution >= 0.6 is 23.2 Å². The quantitative estimate of drug-likeness (QED) is 0.800. The minimum atomic E-state index is -0.487. The Bertz CT molecular complexity index is 769. The second-order valence-electron chi connectivity index (χ2n) is 5.40. The molecule has 0 aromatic heterocycles. The van der Waals surface area contributed by atoms with Crippen molar-refractivity contribution < 1.29 is 14.0 Å². The van der Waals surface area contributed by atoms with E-state index in [1.54, 1.807) is 31.3 Å². The van der Waals surface area contributed by atoms with Gasteiger partial charge in [-0.05, 0) is 49.5 Å². The first-order valence-corrected chi connectivity index (χ1v) is 8.08. The molecule has 0 unspecified atom stereocenters. The lowest BCUT2D eigenvalue weighted by Gasteiger charge is -2.16. The molecule has 132 valence electrons. The molecule has 0 radical (unpaired) electrons. The molecule has 2 aromatic rings. The summed E-state index contributed by atoms with van der Waals surface area (Å²) in [5.74, 6) is -1.12. The first kappa shape index (κ1) is 19.2. The monoisotopic (exact) mass is 383 g/mol. The SMILES string of the molecule is CN(CC(=O)Nc1ccc(Cl)cc1)CC(=O)Nc1ccc(F)cc1Cl. The molecule has 8 heteroatoms. The number of anilines is 2. The Morgan fingerprint density at radius 2 is 1.60 bits per heavy atom. The Morgan fingerprint density at radius 3 is 2.20 bits per heavy atom. The van der Waals surface area contributed by atoms with Gasteiger partial charge in [0.2, 0.25) is 11.8 Å². The molecular formula is C17H16Cl2FN3O2. The molecule has 0 bridgehead atoms. The largest absolute Gasteiger partial charge is 0.325 e. The van der Waals surface area contributed by atoms with Gasteiger partial charge in [0.05, 0.1) is 23.8 Å². The third kappa shape index (κ3) is 6.34. The molecule has 0 aliphatic rings. The maximum absolute atomic E-state index is 13.0. The van der Waals surface area contributed by atoms with Crippen LogP contribution in [0, 0.1) is 5.82 Å². The van der Waals surface area contributed by atoms with Crippen LogP contribution in [0.2, 0.25) is 10.0 Å². The molecule has 0 atom stereocenters. The fraction of sp³-hybridized carbons (Fsp3) is 0.176. The van der Waals surface area contributed by atoms with Gasteiger partial charge in [-0.3, -0.25) is 14.5 Å². The average Bonchev–Trinajstić information content (AvgIpc) is 2.52. The van der Waals surface area contributed by atoms with Crippen molar-refractivity contribution in [2.24, 2.45) is 0 Å². The van der Waals surface area contributed by atoms with E-state index in [0.717, 1.165) is 6.07 Å². The Balaban J connectivity index is 1.82. The van der Waals surface area contributed by atoms with Crippen LogP contribution in [0.3, 0.4) is 0 Å². The van der Waals surface area contributed by atoms with Crippen molar-refractivity contribution in [1.82, 2.24) is 4.90 Å². The van der Waals surface area contributed by atoms with Crippen LogP contribution in [-0.2, 0) is 9.59 Å². The van der Waals surface area contributed by atoms with Crippen LogP contribution in [0.15, 0.2) is 42.5 Å². The number of amides is 2. The van der Waals surface area contributed by atoms with Crippen molar-refractivity contribution in [3.05, 3.63) is 58.3 Å². The second kappa shape index (κ2) is 8.80. The highest BCUT2D eigenvalue weighted by atomic mass is 35.5. The van der Waals surface area contributed by atoms with Crippen LogP contribution in [0.5, 0.6) is 0 Å². The summed E-state index contributed by atoms with van der Waals surface area (Å²) < 4.78 is 13.0. The van der Waals surface area contributed by atoms with Gasteiger partial charge in [-0.2, -0.15) is 0 Å². The number of carbonyl (C=O) groups is 2. The summed E-state index contributed by atoms with van der Waals surface area (Å²) in [7, 11) is 1.63. The summed E-state index contributed by atoms with van der Waals surface area (Å²) in [5.41, 5.74) is 0.928. The van der Waals surface area contributed by atoms with E-state index in [9.17, 15) is 14.0 Å². The number of benzene rings is 2. The number of carbonyl (C=O) groups excluding carboxylic acids is 2. The molecule has 0 heterocycles. The minimum Gasteiger partial charge on any atom is -0.325 e. The second-order valence-corrected chi connectivity index (χ2v) is 6.24. The highest BCUT2D eigenvalue weighted by molar-refractivity contribution is 6.33. The molecule has 0 aliphatic heterocycles. The molecule has 0 spiro atoms. The van der Waals surface area contributed by atoms with Crippen molar-refractivity contribution >= 4 is 46.4 Å². The van der Waals surface area contributed by atoms with Gasteiger partial charge >= 0.3 is 0 Å². The lowest BCUT2D eigenvalue weighted by molar-refractivity contribution is -0.119. The first-order chi connectivity index (χ1) is 11.8. The standard InChI is InChI=1S/C17H16Cl2FN3O2/c1-23(9-16(24)21-13-5-2-11(18)3-6-13)10-17(25)22-15-7-4-12(20)8-14(15)19/h2-8H,9-10H2,1H3,(H,21,24)(H,22,25). The molecule has 2 amide bonds. The van der Waals surface area contributed by atoms with Gasteiger partial charge in [-0.15, -0.1) is 0 Å². The van der Waals surface area contributed by atoms with Crippen molar-refractivity contribution in [2.45, 2.75) is 0 Å². The maximum Gasteiger partial charge on any atom is 0.238 e. The summed E-state index contributed by atoms with van der Waals surface area (Å²) in [5, 5.41) is 5.96. The molecule has 5 nitrogen and oxygen atoms in total. The van der Waals surface area contributed by atoms with Gasteiger partial charge in [0, 0.05) is 10.7 Å². The number of rotatable bonds is 6. The van der Waals surface area contributed by atoms with Gasteiger partial charge in [-0.1, -0.05) is 23.2 Å². The average molecular weight is 384 g/mol. The van der Waals surface area contributed by atoms with Gasteiger partial charge in [0.15, 0.2) is 0 Å². The van der Waals surface area contributed by atoms with E-state index in [2.05, 4.69) is 10.6 Å². The molecule has 0 saturated heterocycles. The fourth-order valence-electron chi connectivity index (χ4n) is 2.06. The van der Waals surface area contributed by atoms with E-state index in [-0.39, 0.29) is 29.9 Å². The van der Waals surface area contributed by atoms with Gasteiger partial charge < -0.3 is 10.6 Å². The number of nitrogens with one attached hydrogen (secondary N) is 2. The predicted molar refractivity (Wildman–Crippen MR) is 97.6 cm³/mol. The van der Waals surface area contributed by atoms with E-state index in [0.29, 0.717) is 16.4 Å². The van der Waals surface area contributed by atoms with Crippen molar-refractivity contribution in [3.63, 3.8) is 0 Å². The van der Waals surface area contributed by atoms with Gasteiger partial charge in [-0.25, -0.2) is 4.39 Å². The topological polar surface area (TPSA) is 61.4 Å². The third-order valence-electron chi connectivity index (χ3n) is 3.16. The van der Waals surface area contributed by atoms with Crippen LogP contribution in [-0.4, -0.2) is 36.9 Å². The van der Waals surface area contributed by atoms with Crippen molar-refractivity contribution in [1.29, 1.82) is 0 Å². The smallest absolute Gasteiger partial charge is 0.238 e. The molecule has 0 aliphatic carbocycles. The van der Waals surface area contributed by atoms with E-state index in [4.69, 9.17) is 23.2 Å². The fourth-order valence-corrected chi connectivity index (χ4v) is 2.40. The van der Waals surface area contributed by atoms with E-state index in [1.165, 1.54) is 17.0 Å². The van der Waals surface area contributed by atoms with E-state index in [1.807, 2.05) is 0 Å².